The highest BCUT2D eigenvalue weighted by atomic mass is 79.9. The molecule has 0 amide bonds. The highest BCUT2D eigenvalue weighted by Gasteiger charge is 2.05. The van der Waals surface area contributed by atoms with Gasteiger partial charge in [0.05, 0.1) is 5.52 Å². The lowest BCUT2D eigenvalue weighted by Crippen LogP contribution is -1.93. The maximum absolute atomic E-state index is 4.44. The summed E-state index contributed by atoms with van der Waals surface area (Å²) in [6.07, 6.45) is 2.84. The first kappa shape index (κ1) is 10.4. The quantitative estimate of drug-likeness (QED) is 0.897. The van der Waals surface area contributed by atoms with Gasteiger partial charge in [-0.25, -0.2) is 0 Å². The molecule has 0 saturated heterocycles. The number of pyridine rings is 1. The maximum Gasteiger partial charge on any atom is 0.0755 e. The molecule has 0 saturated carbocycles. The molecule has 1 heterocycles. The number of fused-ring (bicyclic) bond motifs is 1. The van der Waals surface area contributed by atoms with Crippen molar-refractivity contribution < 1.29 is 0 Å². The number of hydrogen-bond acceptors (Lipinski definition) is 2. The van der Waals surface area contributed by atoms with Crippen LogP contribution < -0.4 is 5.32 Å². The fourth-order valence-electron chi connectivity index (χ4n) is 1.78. The second kappa shape index (κ2) is 4.19. The van der Waals surface area contributed by atoms with Crippen LogP contribution in [0.2, 0.25) is 0 Å². The van der Waals surface area contributed by atoms with Crippen molar-refractivity contribution in [3.63, 3.8) is 0 Å². The number of anilines is 1. The Balaban J connectivity index is 2.82. The minimum absolute atomic E-state index is 0.996. The summed E-state index contributed by atoms with van der Waals surface area (Å²) in [6.45, 7) is 2.15. The molecule has 0 aliphatic heterocycles. The smallest absolute Gasteiger partial charge is 0.0755 e. The second-order valence-electron chi connectivity index (χ2n) is 3.42. The number of aryl methyl sites for hydroxylation is 1. The number of halogens is 1. The molecule has 0 aliphatic rings. The third-order valence-electron chi connectivity index (χ3n) is 2.54. The van der Waals surface area contributed by atoms with E-state index in [0.717, 1.165) is 22.1 Å². The lowest BCUT2D eigenvalue weighted by molar-refractivity contribution is 1.14. The zero-order valence-corrected chi connectivity index (χ0v) is 10.4. The molecule has 1 N–H and O–H groups in total. The first-order chi connectivity index (χ1) is 7.26. The normalized spacial score (nSPS) is 10.6. The van der Waals surface area contributed by atoms with Crippen molar-refractivity contribution in [3.05, 3.63) is 34.4 Å². The maximum atomic E-state index is 4.44. The second-order valence-corrected chi connectivity index (χ2v) is 4.34. The molecule has 0 fully saturated rings. The number of nitrogens with zero attached hydrogens (tertiary/aromatic N) is 1. The van der Waals surface area contributed by atoms with Crippen LogP contribution in [0.25, 0.3) is 10.9 Å². The van der Waals surface area contributed by atoms with Gasteiger partial charge < -0.3 is 5.32 Å². The van der Waals surface area contributed by atoms with E-state index in [1.807, 2.05) is 19.3 Å². The van der Waals surface area contributed by atoms with Crippen LogP contribution in [0, 0.1) is 0 Å². The van der Waals surface area contributed by atoms with Gasteiger partial charge in [0.2, 0.25) is 0 Å². The largest absolute Gasteiger partial charge is 0.388 e. The van der Waals surface area contributed by atoms with Crippen molar-refractivity contribution in [2.75, 3.05) is 12.4 Å². The van der Waals surface area contributed by atoms with E-state index in [1.54, 1.807) is 0 Å². The highest BCUT2D eigenvalue weighted by Crippen LogP contribution is 2.28. The number of benzene rings is 1. The van der Waals surface area contributed by atoms with Crippen molar-refractivity contribution in [3.8, 4) is 0 Å². The van der Waals surface area contributed by atoms with Crippen molar-refractivity contribution in [2.45, 2.75) is 13.3 Å². The summed E-state index contributed by atoms with van der Waals surface area (Å²) in [4.78, 5) is 4.44. The van der Waals surface area contributed by atoms with Gasteiger partial charge in [-0.15, -0.1) is 0 Å². The number of nitrogens with one attached hydrogen (secondary N) is 1. The van der Waals surface area contributed by atoms with Crippen molar-refractivity contribution in [1.82, 2.24) is 4.98 Å². The van der Waals surface area contributed by atoms with E-state index in [9.17, 15) is 0 Å². The Morgan fingerprint density at radius 1 is 1.40 bits per heavy atom. The molecule has 1 aromatic heterocycles. The first-order valence-corrected chi connectivity index (χ1v) is 5.80. The Labute approximate surface area is 97.8 Å². The lowest BCUT2D eigenvalue weighted by Gasteiger charge is -2.09. The SMILES string of the molecule is CCc1cc(Br)cc2c(NC)ccnc12. The Morgan fingerprint density at radius 2 is 2.20 bits per heavy atom. The highest BCUT2D eigenvalue weighted by molar-refractivity contribution is 9.10. The molecule has 2 aromatic rings. The molecule has 2 nitrogen and oxygen atoms in total. The third-order valence-corrected chi connectivity index (χ3v) is 3.00. The van der Waals surface area contributed by atoms with E-state index in [2.05, 4.69) is 45.3 Å². The van der Waals surface area contributed by atoms with Gasteiger partial charge in [-0.05, 0) is 30.2 Å². The minimum Gasteiger partial charge on any atom is -0.388 e. The molecule has 0 spiro atoms. The fourth-order valence-corrected chi connectivity index (χ4v) is 2.28. The van der Waals surface area contributed by atoms with Crippen LogP contribution >= 0.6 is 15.9 Å². The topological polar surface area (TPSA) is 24.9 Å². The predicted molar refractivity (Wildman–Crippen MR) is 68.4 cm³/mol. The number of hydrogen-bond donors (Lipinski definition) is 1. The molecule has 0 radical (unpaired) electrons. The molecule has 2 rings (SSSR count). The zero-order chi connectivity index (χ0) is 10.8. The first-order valence-electron chi connectivity index (χ1n) is 5.01. The van der Waals surface area contributed by atoms with Gasteiger partial charge in [-0.2, -0.15) is 0 Å². The molecule has 3 heteroatoms. The van der Waals surface area contributed by atoms with Gasteiger partial charge in [0.15, 0.2) is 0 Å². The van der Waals surface area contributed by atoms with Crippen LogP contribution in [-0.4, -0.2) is 12.0 Å². The van der Waals surface area contributed by atoms with Gasteiger partial charge in [-0.1, -0.05) is 22.9 Å². The van der Waals surface area contributed by atoms with Crippen molar-refractivity contribution in [1.29, 1.82) is 0 Å². The Kier molecular flexibility index (Phi) is 2.91. The molecule has 1 aromatic carbocycles. The third kappa shape index (κ3) is 1.84. The minimum atomic E-state index is 0.996. The summed E-state index contributed by atoms with van der Waals surface area (Å²) in [5, 5.41) is 4.36. The average Bonchev–Trinajstić information content (AvgIpc) is 2.27. The monoisotopic (exact) mass is 264 g/mol. The van der Waals surface area contributed by atoms with E-state index in [0.29, 0.717) is 0 Å². The van der Waals surface area contributed by atoms with Crippen LogP contribution in [-0.2, 0) is 6.42 Å². The molecular weight excluding hydrogens is 252 g/mol. The zero-order valence-electron chi connectivity index (χ0n) is 8.84. The Bertz CT molecular complexity index is 494. The summed E-state index contributed by atoms with van der Waals surface area (Å²) in [6, 6.07) is 6.23. The van der Waals surface area contributed by atoms with Gasteiger partial charge in [-0.3, -0.25) is 4.98 Å². The molecule has 0 atom stereocenters. The molecule has 0 aliphatic carbocycles. The van der Waals surface area contributed by atoms with Gasteiger partial charge >= 0.3 is 0 Å². The number of rotatable bonds is 2. The average molecular weight is 265 g/mol. The van der Waals surface area contributed by atoms with Crippen LogP contribution in [0.4, 0.5) is 5.69 Å². The van der Waals surface area contributed by atoms with E-state index < -0.39 is 0 Å². The van der Waals surface area contributed by atoms with Crippen LogP contribution in [0.5, 0.6) is 0 Å². The van der Waals surface area contributed by atoms with Crippen LogP contribution in [0.15, 0.2) is 28.9 Å². The summed E-state index contributed by atoms with van der Waals surface area (Å²) in [7, 11) is 1.93. The van der Waals surface area contributed by atoms with E-state index in [-0.39, 0.29) is 0 Å². The summed E-state index contributed by atoms with van der Waals surface area (Å²) < 4.78 is 1.11. The lowest BCUT2D eigenvalue weighted by atomic mass is 10.1. The van der Waals surface area contributed by atoms with Gasteiger partial charge in [0, 0.05) is 28.8 Å². The summed E-state index contributed by atoms with van der Waals surface area (Å²) in [5.41, 5.74) is 3.49. The molecular formula is C12H13BrN2. The predicted octanol–water partition coefficient (Wildman–Crippen LogP) is 3.60. The standard InChI is InChI=1S/C12H13BrN2/c1-3-8-6-9(13)7-10-11(14-2)4-5-15-12(8)10/h4-7H,3H2,1-2H3,(H,14,15). The molecule has 0 unspecified atom stereocenters. The molecule has 78 valence electrons. The summed E-state index contributed by atoms with van der Waals surface area (Å²) >= 11 is 3.53. The Hall–Kier alpha value is -1.09. The summed E-state index contributed by atoms with van der Waals surface area (Å²) in [5.74, 6) is 0. The van der Waals surface area contributed by atoms with E-state index in [4.69, 9.17) is 0 Å². The van der Waals surface area contributed by atoms with Crippen molar-refractivity contribution >= 4 is 32.5 Å². The van der Waals surface area contributed by atoms with Gasteiger partial charge in [0.1, 0.15) is 0 Å². The van der Waals surface area contributed by atoms with Crippen LogP contribution in [0.1, 0.15) is 12.5 Å². The molecule has 15 heavy (non-hydrogen) atoms. The number of aromatic nitrogens is 1. The van der Waals surface area contributed by atoms with Crippen molar-refractivity contribution in [2.24, 2.45) is 0 Å². The van der Waals surface area contributed by atoms with Crippen LogP contribution in [0.3, 0.4) is 0 Å². The molecule has 0 bridgehead atoms. The fraction of sp³-hybridized carbons (Fsp3) is 0.250. The van der Waals surface area contributed by atoms with E-state index in [1.165, 1.54) is 10.9 Å². The van der Waals surface area contributed by atoms with E-state index >= 15 is 0 Å². The van der Waals surface area contributed by atoms with Gasteiger partial charge in [0.25, 0.3) is 0 Å². The Morgan fingerprint density at radius 3 is 2.87 bits per heavy atom.